The fourth-order valence-electron chi connectivity index (χ4n) is 2.72. The first-order valence-electron chi connectivity index (χ1n) is 8.82. The summed E-state index contributed by atoms with van der Waals surface area (Å²) < 4.78 is 36.6. The fourth-order valence-corrected chi connectivity index (χ4v) is 2.94. The standard InChI is InChI=1S/C12H17N3O.C8H4ClF3O/c1-7(13)11-10(14-2)5-9(6-15-11)12(16)8-3-4-8;9-7-3-1-2-6(5(7)4-13)8(10,11)12/h5-6,8,12-14,16H,3-4H2,1-2H3;1-4H. The van der Waals surface area contributed by atoms with E-state index in [-0.39, 0.29) is 11.3 Å². The first-order chi connectivity index (χ1) is 13.6. The van der Waals surface area contributed by atoms with Crippen molar-refractivity contribution in [3.8, 4) is 0 Å². The number of nitrogens with one attached hydrogen (secondary N) is 2. The van der Waals surface area contributed by atoms with E-state index in [2.05, 4.69) is 10.3 Å². The number of aldehydes is 1. The Hall–Kier alpha value is -2.45. The van der Waals surface area contributed by atoms with Crippen molar-refractivity contribution >= 4 is 29.3 Å². The van der Waals surface area contributed by atoms with Gasteiger partial charge in [0.25, 0.3) is 0 Å². The molecule has 1 aromatic carbocycles. The molecule has 1 heterocycles. The first-order valence-corrected chi connectivity index (χ1v) is 9.20. The highest BCUT2D eigenvalue weighted by atomic mass is 35.5. The second-order valence-electron chi connectivity index (χ2n) is 6.64. The molecule has 1 aromatic heterocycles. The van der Waals surface area contributed by atoms with Crippen LogP contribution in [0.4, 0.5) is 18.9 Å². The number of aliphatic hydroxyl groups excluding tert-OH is 1. The number of carbonyl (C=O) groups excluding carboxylic acids is 1. The van der Waals surface area contributed by atoms with Gasteiger partial charge in [0.2, 0.25) is 0 Å². The van der Waals surface area contributed by atoms with Gasteiger partial charge < -0.3 is 15.8 Å². The molecule has 0 saturated heterocycles. The minimum absolute atomic E-state index is 0.102. The number of pyridine rings is 1. The minimum atomic E-state index is -4.54. The van der Waals surface area contributed by atoms with Crippen LogP contribution in [-0.4, -0.2) is 29.1 Å². The second kappa shape index (κ2) is 9.37. The molecule has 1 saturated carbocycles. The van der Waals surface area contributed by atoms with Gasteiger partial charge in [0.05, 0.1) is 28.1 Å². The summed E-state index contributed by atoms with van der Waals surface area (Å²) in [4.78, 5) is 14.5. The summed E-state index contributed by atoms with van der Waals surface area (Å²) in [7, 11) is 1.80. The number of halogens is 4. The first kappa shape index (κ1) is 22.8. The van der Waals surface area contributed by atoms with Crippen LogP contribution in [0.1, 0.15) is 53.0 Å². The monoisotopic (exact) mass is 427 g/mol. The van der Waals surface area contributed by atoms with Gasteiger partial charge in [-0.2, -0.15) is 13.2 Å². The summed E-state index contributed by atoms with van der Waals surface area (Å²) in [6.45, 7) is 1.71. The Kier molecular flexibility index (Phi) is 7.37. The molecule has 0 aliphatic heterocycles. The molecule has 29 heavy (non-hydrogen) atoms. The van der Waals surface area contributed by atoms with Crippen LogP contribution in [-0.2, 0) is 6.18 Å². The zero-order valence-electron chi connectivity index (χ0n) is 15.8. The molecule has 9 heteroatoms. The molecule has 1 fully saturated rings. The maximum absolute atomic E-state index is 12.2. The lowest BCUT2D eigenvalue weighted by atomic mass is 10.1. The summed E-state index contributed by atoms with van der Waals surface area (Å²) in [5.41, 5.74) is 1.21. The predicted molar refractivity (Wildman–Crippen MR) is 106 cm³/mol. The summed E-state index contributed by atoms with van der Waals surface area (Å²) >= 11 is 5.40. The number of alkyl halides is 3. The van der Waals surface area contributed by atoms with Crippen LogP contribution in [0.25, 0.3) is 0 Å². The van der Waals surface area contributed by atoms with Crippen LogP contribution in [0, 0.1) is 11.3 Å². The number of aromatic nitrogens is 1. The van der Waals surface area contributed by atoms with Gasteiger partial charge in [0.15, 0.2) is 6.29 Å². The lowest BCUT2D eigenvalue weighted by Gasteiger charge is -2.13. The molecule has 0 amide bonds. The van der Waals surface area contributed by atoms with Gasteiger partial charge in [-0.05, 0) is 43.9 Å². The van der Waals surface area contributed by atoms with Crippen LogP contribution < -0.4 is 5.32 Å². The van der Waals surface area contributed by atoms with E-state index in [9.17, 15) is 23.1 Å². The van der Waals surface area contributed by atoms with Crippen LogP contribution in [0.3, 0.4) is 0 Å². The number of nitrogens with zero attached hydrogens (tertiary/aromatic N) is 1. The highest BCUT2D eigenvalue weighted by Gasteiger charge is 2.34. The zero-order valence-corrected chi connectivity index (χ0v) is 16.6. The molecule has 3 N–H and O–H groups in total. The number of aliphatic hydroxyl groups is 1. The summed E-state index contributed by atoms with van der Waals surface area (Å²) in [5.74, 6) is 0.401. The van der Waals surface area contributed by atoms with Crippen molar-refractivity contribution in [3.05, 3.63) is 57.9 Å². The van der Waals surface area contributed by atoms with Crippen LogP contribution >= 0.6 is 11.6 Å². The molecule has 1 aliphatic rings. The molecule has 0 bridgehead atoms. The lowest BCUT2D eigenvalue weighted by Crippen LogP contribution is -2.08. The van der Waals surface area contributed by atoms with Gasteiger partial charge in [-0.3, -0.25) is 9.78 Å². The maximum atomic E-state index is 12.2. The quantitative estimate of drug-likeness (QED) is 0.456. The summed E-state index contributed by atoms with van der Waals surface area (Å²) in [6, 6.07) is 5.09. The average Bonchev–Trinajstić information content (AvgIpc) is 3.51. The maximum Gasteiger partial charge on any atom is 0.417 e. The molecule has 1 atom stereocenters. The second-order valence-corrected chi connectivity index (χ2v) is 7.05. The fraction of sp³-hybridized carbons (Fsp3) is 0.350. The third-order valence-corrected chi connectivity index (χ3v) is 4.75. The van der Waals surface area contributed by atoms with Crippen molar-refractivity contribution in [2.45, 2.75) is 32.0 Å². The van der Waals surface area contributed by atoms with Crippen LogP contribution in [0.15, 0.2) is 30.5 Å². The zero-order chi connectivity index (χ0) is 21.8. The van der Waals surface area contributed by atoms with E-state index in [0.29, 0.717) is 17.3 Å². The highest BCUT2D eigenvalue weighted by Crippen LogP contribution is 2.41. The van der Waals surface area contributed by atoms with Crippen LogP contribution in [0.2, 0.25) is 5.02 Å². The van der Waals surface area contributed by atoms with E-state index in [1.807, 2.05) is 6.07 Å². The Morgan fingerprint density at radius 3 is 2.52 bits per heavy atom. The number of carbonyl (C=O) groups is 1. The van der Waals surface area contributed by atoms with Gasteiger partial charge in [0.1, 0.15) is 5.69 Å². The predicted octanol–water partition coefficient (Wildman–Crippen LogP) is 5.13. The third-order valence-electron chi connectivity index (χ3n) is 4.42. The van der Waals surface area contributed by atoms with Gasteiger partial charge >= 0.3 is 6.18 Å². The molecule has 3 rings (SSSR count). The third kappa shape index (κ3) is 5.77. The lowest BCUT2D eigenvalue weighted by molar-refractivity contribution is -0.137. The van der Waals surface area contributed by atoms with Gasteiger partial charge in [-0.1, -0.05) is 17.7 Å². The Balaban J connectivity index is 0.000000212. The van der Waals surface area contributed by atoms with Crippen molar-refractivity contribution in [1.29, 1.82) is 5.41 Å². The topological polar surface area (TPSA) is 86.1 Å². The van der Waals surface area contributed by atoms with Crippen molar-refractivity contribution in [3.63, 3.8) is 0 Å². The molecule has 2 aromatic rings. The van der Waals surface area contributed by atoms with E-state index in [1.54, 1.807) is 20.2 Å². The number of benzene rings is 1. The van der Waals surface area contributed by atoms with Gasteiger partial charge in [-0.25, -0.2) is 0 Å². The van der Waals surface area contributed by atoms with Gasteiger partial charge in [0, 0.05) is 24.4 Å². The van der Waals surface area contributed by atoms with Crippen LogP contribution in [0.5, 0.6) is 0 Å². The summed E-state index contributed by atoms with van der Waals surface area (Å²) in [5, 5.41) is 20.4. The van der Waals surface area contributed by atoms with E-state index >= 15 is 0 Å². The Morgan fingerprint density at radius 2 is 2.07 bits per heavy atom. The van der Waals surface area contributed by atoms with Crippen molar-refractivity contribution in [1.82, 2.24) is 4.98 Å². The smallest absolute Gasteiger partial charge is 0.388 e. The highest BCUT2D eigenvalue weighted by molar-refractivity contribution is 6.33. The minimum Gasteiger partial charge on any atom is -0.388 e. The van der Waals surface area contributed by atoms with Gasteiger partial charge in [-0.15, -0.1) is 0 Å². The average molecular weight is 428 g/mol. The van der Waals surface area contributed by atoms with E-state index in [4.69, 9.17) is 17.0 Å². The molecule has 1 unspecified atom stereocenters. The Morgan fingerprint density at radius 1 is 1.41 bits per heavy atom. The van der Waals surface area contributed by atoms with E-state index in [1.165, 1.54) is 6.07 Å². The number of hydrogen-bond donors (Lipinski definition) is 3. The van der Waals surface area contributed by atoms with E-state index < -0.39 is 23.4 Å². The molecule has 156 valence electrons. The Labute approximate surface area is 171 Å². The molecular formula is C20H21ClF3N3O2. The van der Waals surface area contributed by atoms with E-state index in [0.717, 1.165) is 36.2 Å². The largest absolute Gasteiger partial charge is 0.417 e. The van der Waals surface area contributed by atoms with Crippen molar-refractivity contribution in [2.24, 2.45) is 5.92 Å². The number of rotatable bonds is 5. The number of anilines is 1. The Bertz CT molecular complexity index is 899. The summed E-state index contributed by atoms with van der Waals surface area (Å²) in [6.07, 6.45) is -0.966. The molecule has 5 nitrogen and oxygen atoms in total. The SMILES string of the molecule is CNc1cc(C(O)C2CC2)cnc1C(C)=N.O=Cc1c(Cl)cccc1C(F)(F)F. The molecular weight excluding hydrogens is 407 g/mol. The molecule has 1 aliphatic carbocycles. The van der Waals surface area contributed by atoms with Crippen molar-refractivity contribution in [2.75, 3.05) is 12.4 Å². The van der Waals surface area contributed by atoms with Crippen molar-refractivity contribution < 1.29 is 23.1 Å². The molecule has 0 radical (unpaired) electrons. The normalized spacial score (nSPS) is 14.4. The number of hydrogen-bond acceptors (Lipinski definition) is 5. The molecule has 0 spiro atoms.